The van der Waals surface area contributed by atoms with Crippen LogP contribution in [0.4, 0.5) is 0 Å². The van der Waals surface area contributed by atoms with E-state index >= 15 is 0 Å². The van der Waals surface area contributed by atoms with Crippen LogP contribution in [0.25, 0.3) is 0 Å². The van der Waals surface area contributed by atoms with Crippen LogP contribution >= 0.6 is 15.9 Å². The molecule has 2 aliphatic heterocycles. The highest BCUT2D eigenvalue weighted by molar-refractivity contribution is 9.10. The SMILES string of the molecule is C[C@@H](C1CC1)N1Cc2cc(Br)cc(S(=O)(=O)N3CCOCC3)c2C1=O. The van der Waals surface area contributed by atoms with Crippen molar-refractivity contribution in [3.05, 3.63) is 27.7 Å². The number of sulfonamides is 1. The summed E-state index contributed by atoms with van der Waals surface area (Å²) >= 11 is 3.41. The summed E-state index contributed by atoms with van der Waals surface area (Å²) in [4.78, 5) is 15.0. The largest absolute Gasteiger partial charge is 0.379 e. The zero-order valence-electron chi connectivity index (χ0n) is 14.1. The van der Waals surface area contributed by atoms with Crippen molar-refractivity contribution in [2.45, 2.75) is 37.2 Å². The average Bonchev–Trinajstić information content (AvgIpc) is 3.39. The number of hydrogen-bond acceptors (Lipinski definition) is 4. The predicted molar refractivity (Wildman–Crippen MR) is 95.8 cm³/mol. The van der Waals surface area contributed by atoms with E-state index in [-0.39, 0.29) is 16.8 Å². The summed E-state index contributed by atoms with van der Waals surface area (Å²) in [6.07, 6.45) is 2.29. The molecule has 0 aromatic heterocycles. The summed E-state index contributed by atoms with van der Waals surface area (Å²) in [5.41, 5.74) is 1.14. The number of fused-ring (bicyclic) bond motifs is 1. The van der Waals surface area contributed by atoms with Crippen molar-refractivity contribution < 1.29 is 17.9 Å². The van der Waals surface area contributed by atoms with Gasteiger partial charge in [0.05, 0.1) is 23.7 Å². The summed E-state index contributed by atoms with van der Waals surface area (Å²) in [6.45, 7) is 3.95. The maximum Gasteiger partial charge on any atom is 0.256 e. The van der Waals surface area contributed by atoms with Crippen molar-refractivity contribution in [2.75, 3.05) is 26.3 Å². The smallest absolute Gasteiger partial charge is 0.256 e. The molecule has 0 bridgehead atoms. The van der Waals surface area contributed by atoms with Gasteiger partial charge in [0.2, 0.25) is 10.0 Å². The highest BCUT2D eigenvalue weighted by Crippen LogP contribution is 2.40. The van der Waals surface area contributed by atoms with Gasteiger partial charge in [-0.15, -0.1) is 0 Å². The van der Waals surface area contributed by atoms with Gasteiger partial charge in [-0.3, -0.25) is 4.79 Å². The molecule has 136 valence electrons. The number of nitrogens with zero attached hydrogens (tertiary/aromatic N) is 2. The Balaban J connectivity index is 1.75. The zero-order chi connectivity index (χ0) is 17.8. The molecule has 1 aliphatic carbocycles. The first-order chi connectivity index (χ1) is 11.9. The fourth-order valence-corrected chi connectivity index (χ4v) is 6.01. The first-order valence-electron chi connectivity index (χ1n) is 8.61. The molecule has 3 aliphatic rings. The number of halogens is 1. The lowest BCUT2D eigenvalue weighted by atomic mass is 10.1. The summed E-state index contributed by atoms with van der Waals surface area (Å²) in [5, 5.41) is 0. The third kappa shape index (κ3) is 3.03. The van der Waals surface area contributed by atoms with Gasteiger partial charge in [0.1, 0.15) is 0 Å². The first-order valence-corrected chi connectivity index (χ1v) is 10.8. The van der Waals surface area contributed by atoms with Gasteiger partial charge in [0, 0.05) is 30.1 Å². The third-order valence-corrected chi connectivity index (χ3v) is 7.73. The predicted octanol–water partition coefficient (Wildman–Crippen LogP) is 2.22. The molecular weight excluding hydrogens is 408 g/mol. The Morgan fingerprint density at radius 3 is 2.56 bits per heavy atom. The lowest BCUT2D eigenvalue weighted by molar-refractivity contribution is 0.0692. The van der Waals surface area contributed by atoms with E-state index in [1.807, 2.05) is 11.0 Å². The highest BCUT2D eigenvalue weighted by Gasteiger charge is 2.42. The molecule has 0 unspecified atom stereocenters. The quantitative estimate of drug-likeness (QED) is 0.737. The minimum absolute atomic E-state index is 0.120. The third-order valence-electron chi connectivity index (χ3n) is 5.35. The van der Waals surface area contributed by atoms with Crippen LogP contribution in [0.2, 0.25) is 0 Å². The van der Waals surface area contributed by atoms with Crippen molar-refractivity contribution in [3.8, 4) is 0 Å². The first kappa shape index (κ1) is 17.5. The number of amides is 1. The second kappa shape index (κ2) is 6.33. The number of ether oxygens (including phenoxy) is 1. The average molecular weight is 429 g/mol. The number of carbonyl (C=O) groups excluding carboxylic acids is 1. The number of morpholine rings is 1. The summed E-state index contributed by atoms with van der Waals surface area (Å²) in [5.74, 6) is 0.384. The molecule has 1 aromatic carbocycles. The van der Waals surface area contributed by atoms with Gasteiger partial charge in [-0.05, 0) is 43.4 Å². The van der Waals surface area contributed by atoms with Gasteiger partial charge in [-0.2, -0.15) is 4.31 Å². The van der Waals surface area contributed by atoms with E-state index in [1.165, 1.54) is 4.31 Å². The van der Waals surface area contributed by atoms with Gasteiger partial charge in [-0.25, -0.2) is 8.42 Å². The Labute approximate surface area is 156 Å². The van der Waals surface area contributed by atoms with Crippen LogP contribution in [0.1, 0.15) is 35.7 Å². The van der Waals surface area contributed by atoms with Crippen molar-refractivity contribution in [3.63, 3.8) is 0 Å². The van der Waals surface area contributed by atoms with Gasteiger partial charge in [0.15, 0.2) is 0 Å². The van der Waals surface area contributed by atoms with E-state index < -0.39 is 10.0 Å². The minimum Gasteiger partial charge on any atom is -0.379 e. The minimum atomic E-state index is -3.72. The molecule has 1 amide bonds. The van der Waals surface area contributed by atoms with E-state index in [2.05, 4.69) is 22.9 Å². The fourth-order valence-electron chi connectivity index (χ4n) is 3.69. The van der Waals surface area contributed by atoms with Crippen LogP contribution < -0.4 is 0 Å². The molecule has 1 atom stereocenters. The molecule has 8 heteroatoms. The molecule has 0 radical (unpaired) electrons. The Morgan fingerprint density at radius 2 is 1.92 bits per heavy atom. The monoisotopic (exact) mass is 428 g/mol. The van der Waals surface area contributed by atoms with Crippen molar-refractivity contribution in [1.82, 2.24) is 9.21 Å². The molecular formula is C17H21BrN2O4S. The Kier molecular flexibility index (Phi) is 4.42. The van der Waals surface area contributed by atoms with E-state index in [1.54, 1.807) is 6.07 Å². The molecule has 1 saturated carbocycles. The Bertz CT molecular complexity index is 816. The number of carbonyl (C=O) groups is 1. The maximum atomic E-state index is 13.1. The summed E-state index contributed by atoms with van der Waals surface area (Å²) in [7, 11) is -3.72. The van der Waals surface area contributed by atoms with Crippen molar-refractivity contribution >= 4 is 31.9 Å². The Morgan fingerprint density at radius 1 is 1.24 bits per heavy atom. The molecule has 0 N–H and O–H groups in total. The molecule has 4 rings (SSSR count). The van der Waals surface area contributed by atoms with Crippen LogP contribution in [0.5, 0.6) is 0 Å². The zero-order valence-corrected chi connectivity index (χ0v) is 16.5. The Hall–Kier alpha value is -0.960. The van der Waals surface area contributed by atoms with Crippen LogP contribution in [-0.4, -0.2) is 55.9 Å². The van der Waals surface area contributed by atoms with Gasteiger partial charge in [0.25, 0.3) is 5.91 Å². The normalized spacial score (nSPS) is 23.0. The summed E-state index contributed by atoms with van der Waals surface area (Å²) < 4.78 is 33.7. The fraction of sp³-hybridized carbons (Fsp3) is 0.588. The van der Waals surface area contributed by atoms with Crippen LogP contribution in [0.3, 0.4) is 0 Å². The van der Waals surface area contributed by atoms with E-state index in [0.29, 0.717) is 48.8 Å². The number of benzene rings is 1. The second-order valence-corrected chi connectivity index (χ2v) is 9.79. The summed E-state index contributed by atoms with van der Waals surface area (Å²) in [6, 6.07) is 3.58. The van der Waals surface area contributed by atoms with Crippen molar-refractivity contribution in [1.29, 1.82) is 0 Å². The number of hydrogen-bond donors (Lipinski definition) is 0. The standard InChI is InChI=1S/C17H21BrN2O4S/c1-11(12-2-3-12)20-10-13-8-14(18)9-15(16(13)17(20)21)25(22,23)19-4-6-24-7-5-19/h8-9,11-12H,2-7,10H2,1H3/t11-/m0/s1. The van der Waals surface area contributed by atoms with Gasteiger partial charge >= 0.3 is 0 Å². The molecule has 1 aromatic rings. The van der Waals surface area contributed by atoms with Crippen LogP contribution in [0.15, 0.2) is 21.5 Å². The number of rotatable bonds is 4. The molecule has 1 saturated heterocycles. The maximum absolute atomic E-state index is 13.1. The van der Waals surface area contributed by atoms with E-state index in [9.17, 15) is 13.2 Å². The van der Waals surface area contributed by atoms with Crippen LogP contribution in [0, 0.1) is 5.92 Å². The van der Waals surface area contributed by atoms with Gasteiger partial charge < -0.3 is 9.64 Å². The highest BCUT2D eigenvalue weighted by atomic mass is 79.9. The van der Waals surface area contributed by atoms with Crippen molar-refractivity contribution in [2.24, 2.45) is 5.92 Å². The molecule has 0 spiro atoms. The topological polar surface area (TPSA) is 66.9 Å². The molecule has 6 nitrogen and oxygen atoms in total. The van der Waals surface area contributed by atoms with E-state index in [0.717, 1.165) is 18.4 Å². The lowest BCUT2D eigenvalue weighted by Gasteiger charge is -2.27. The van der Waals surface area contributed by atoms with E-state index in [4.69, 9.17) is 4.74 Å². The van der Waals surface area contributed by atoms with Gasteiger partial charge in [-0.1, -0.05) is 15.9 Å². The van der Waals surface area contributed by atoms with Crippen LogP contribution in [-0.2, 0) is 21.3 Å². The second-order valence-electron chi connectivity index (χ2n) is 6.97. The molecule has 2 heterocycles. The molecule has 25 heavy (non-hydrogen) atoms. The molecule has 2 fully saturated rings. The lowest BCUT2D eigenvalue weighted by Crippen LogP contribution is -2.41.